The van der Waals surface area contributed by atoms with Gasteiger partial charge in [0, 0.05) is 32.5 Å². The van der Waals surface area contributed by atoms with Crippen LogP contribution in [-0.4, -0.2) is 23.6 Å². The molecule has 2 amide bonds. The molecule has 6 nitrogen and oxygen atoms in total. The summed E-state index contributed by atoms with van der Waals surface area (Å²) < 4.78 is 0.726. The molecular formula is C28H28ClIN4O2. The van der Waals surface area contributed by atoms with E-state index in [1.54, 1.807) is 12.1 Å². The van der Waals surface area contributed by atoms with Crippen LogP contribution in [0.1, 0.15) is 65.1 Å². The van der Waals surface area contributed by atoms with Crippen molar-refractivity contribution in [3.8, 4) is 0 Å². The molecule has 0 saturated heterocycles. The molecule has 1 aliphatic rings. The predicted molar refractivity (Wildman–Crippen MR) is 155 cm³/mol. The van der Waals surface area contributed by atoms with E-state index in [1.165, 1.54) is 0 Å². The molecule has 0 aromatic heterocycles. The van der Waals surface area contributed by atoms with Gasteiger partial charge < -0.3 is 10.6 Å². The smallest absolute Gasteiger partial charge is 0.256 e. The predicted octanol–water partition coefficient (Wildman–Crippen LogP) is 6.97. The highest BCUT2D eigenvalue weighted by Crippen LogP contribution is 2.36. The number of carbonyl (C=O) groups excluding carboxylic acids is 2. The van der Waals surface area contributed by atoms with Crippen LogP contribution >= 0.6 is 34.2 Å². The van der Waals surface area contributed by atoms with Crippen molar-refractivity contribution in [3.63, 3.8) is 0 Å². The number of nitrogens with one attached hydrogen (secondary N) is 2. The van der Waals surface area contributed by atoms with Crippen molar-refractivity contribution in [1.82, 2.24) is 5.32 Å². The molecule has 2 N–H and O–H groups in total. The van der Waals surface area contributed by atoms with Crippen molar-refractivity contribution in [1.29, 1.82) is 0 Å². The SMILES string of the molecule is CC1=NN(c2ccc(Cl)cc2)C(c2ccc(NC(=O)c3cccc(I)c3C(=O)NC(C)C)c(C)c2)C1. The summed E-state index contributed by atoms with van der Waals surface area (Å²) >= 11 is 8.16. The molecule has 0 radical (unpaired) electrons. The Balaban J connectivity index is 1.57. The van der Waals surface area contributed by atoms with Crippen LogP contribution in [0.3, 0.4) is 0 Å². The van der Waals surface area contributed by atoms with E-state index in [0.29, 0.717) is 21.8 Å². The highest BCUT2D eigenvalue weighted by molar-refractivity contribution is 14.1. The van der Waals surface area contributed by atoms with Gasteiger partial charge in [0.2, 0.25) is 0 Å². The topological polar surface area (TPSA) is 73.8 Å². The lowest BCUT2D eigenvalue weighted by Crippen LogP contribution is -2.32. The summed E-state index contributed by atoms with van der Waals surface area (Å²) in [5.74, 6) is -0.577. The first-order chi connectivity index (χ1) is 17.1. The number of rotatable bonds is 6. The van der Waals surface area contributed by atoms with E-state index in [9.17, 15) is 9.59 Å². The van der Waals surface area contributed by atoms with Gasteiger partial charge in [-0.3, -0.25) is 14.6 Å². The molecule has 1 unspecified atom stereocenters. The maximum Gasteiger partial charge on any atom is 0.256 e. The first-order valence-corrected chi connectivity index (χ1v) is 13.2. The summed E-state index contributed by atoms with van der Waals surface area (Å²) in [5, 5.41) is 13.3. The maximum atomic E-state index is 13.2. The van der Waals surface area contributed by atoms with Crippen LogP contribution in [0, 0.1) is 10.5 Å². The van der Waals surface area contributed by atoms with Gasteiger partial charge in [0.1, 0.15) is 0 Å². The molecule has 1 heterocycles. The fourth-order valence-corrected chi connectivity index (χ4v) is 5.12. The molecule has 4 rings (SSSR count). The molecule has 0 saturated carbocycles. The number of carbonyl (C=O) groups is 2. The molecule has 0 fully saturated rings. The number of nitrogens with zero attached hydrogens (tertiary/aromatic N) is 2. The van der Waals surface area contributed by atoms with Crippen molar-refractivity contribution in [3.05, 3.63) is 91.5 Å². The molecule has 8 heteroatoms. The Morgan fingerprint density at radius 3 is 2.44 bits per heavy atom. The molecule has 0 aliphatic carbocycles. The van der Waals surface area contributed by atoms with Crippen LogP contribution in [0.4, 0.5) is 11.4 Å². The first kappa shape index (κ1) is 26.2. The number of halogens is 2. The molecule has 3 aromatic carbocycles. The Bertz CT molecular complexity index is 1340. The van der Waals surface area contributed by atoms with Crippen LogP contribution in [0.25, 0.3) is 0 Å². The maximum absolute atomic E-state index is 13.2. The lowest BCUT2D eigenvalue weighted by molar-refractivity contribution is 0.0930. The van der Waals surface area contributed by atoms with E-state index in [0.717, 1.165) is 32.5 Å². The second-order valence-electron chi connectivity index (χ2n) is 9.20. The Kier molecular flexibility index (Phi) is 8.00. The Labute approximate surface area is 230 Å². The number of amides is 2. The van der Waals surface area contributed by atoms with E-state index in [2.05, 4.69) is 39.3 Å². The molecule has 36 heavy (non-hydrogen) atoms. The number of aryl methyl sites for hydroxylation is 1. The molecule has 3 aromatic rings. The fraction of sp³-hybridized carbons (Fsp3) is 0.250. The van der Waals surface area contributed by atoms with Gasteiger partial charge in [-0.2, -0.15) is 5.10 Å². The molecule has 1 atom stereocenters. The summed E-state index contributed by atoms with van der Waals surface area (Å²) in [4.78, 5) is 26.0. The lowest BCUT2D eigenvalue weighted by Gasteiger charge is -2.25. The zero-order chi connectivity index (χ0) is 26.0. The van der Waals surface area contributed by atoms with Crippen LogP contribution in [-0.2, 0) is 0 Å². The quantitative estimate of drug-likeness (QED) is 0.295. The number of benzene rings is 3. The van der Waals surface area contributed by atoms with Crippen molar-refractivity contribution in [2.45, 2.75) is 46.2 Å². The van der Waals surface area contributed by atoms with Gasteiger partial charge in [-0.25, -0.2) is 0 Å². The van der Waals surface area contributed by atoms with Crippen molar-refractivity contribution < 1.29 is 9.59 Å². The van der Waals surface area contributed by atoms with E-state index < -0.39 is 0 Å². The summed E-state index contributed by atoms with van der Waals surface area (Å²) in [6, 6.07) is 19.0. The second-order valence-corrected chi connectivity index (χ2v) is 10.8. The number of anilines is 2. The molecule has 1 aliphatic heterocycles. The Hall–Kier alpha value is -2.91. The molecule has 186 valence electrons. The fourth-order valence-electron chi connectivity index (χ4n) is 4.25. The highest BCUT2D eigenvalue weighted by Gasteiger charge is 2.28. The highest BCUT2D eigenvalue weighted by atomic mass is 127. The van der Waals surface area contributed by atoms with Gasteiger partial charge in [0.15, 0.2) is 0 Å². The molecule has 0 bridgehead atoms. The van der Waals surface area contributed by atoms with E-state index in [4.69, 9.17) is 16.7 Å². The van der Waals surface area contributed by atoms with Gasteiger partial charge in [0.25, 0.3) is 11.8 Å². The standard InChI is InChI=1S/C28H28ClIN4O2/c1-16(2)31-28(36)26-22(6-5-7-23(26)30)27(35)32-24-13-8-19(14-17(24)3)25-15-18(4)33-34(25)21-11-9-20(29)10-12-21/h5-14,16,25H,15H2,1-4H3,(H,31,36)(H,32,35). The number of hydrogen-bond donors (Lipinski definition) is 2. The Morgan fingerprint density at radius 1 is 1.06 bits per heavy atom. The van der Waals surface area contributed by atoms with Gasteiger partial charge in [-0.1, -0.05) is 29.8 Å². The molecule has 0 spiro atoms. The normalized spacial score (nSPS) is 15.1. The monoisotopic (exact) mass is 614 g/mol. The van der Waals surface area contributed by atoms with Crippen molar-refractivity contribution >= 4 is 63.1 Å². The van der Waals surface area contributed by atoms with Crippen LogP contribution in [0.5, 0.6) is 0 Å². The van der Waals surface area contributed by atoms with E-state index in [-0.39, 0.29) is 23.9 Å². The van der Waals surface area contributed by atoms with Crippen molar-refractivity contribution in [2.24, 2.45) is 5.10 Å². The summed E-state index contributed by atoms with van der Waals surface area (Å²) in [5.41, 5.74) is 5.49. The first-order valence-electron chi connectivity index (χ1n) is 11.7. The van der Waals surface area contributed by atoms with Gasteiger partial charge in [0.05, 0.1) is 22.9 Å². The summed E-state index contributed by atoms with van der Waals surface area (Å²) in [7, 11) is 0. The average Bonchev–Trinajstić information content (AvgIpc) is 3.21. The van der Waals surface area contributed by atoms with Crippen LogP contribution < -0.4 is 15.6 Å². The molecular weight excluding hydrogens is 587 g/mol. The van der Waals surface area contributed by atoms with Gasteiger partial charge >= 0.3 is 0 Å². The van der Waals surface area contributed by atoms with E-state index >= 15 is 0 Å². The zero-order valence-electron chi connectivity index (χ0n) is 20.6. The summed E-state index contributed by atoms with van der Waals surface area (Å²) in [6.07, 6.45) is 0.810. The average molecular weight is 615 g/mol. The van der Waals surface area contributed by atoms with Crippen LogP contribution in [0.15, 0.2) is 65.8 Å². The minimum atomic E-state index is -0.318. The minimum absolute atomic E-state index is 0.0325. The zero-order valence-corrected chi connectivity index (χ0v) is 23.5. The van der Waals surface area contributed by atoms with Crippen molar-refractivity contribution in [2.75, 3.05) is 10.3 Å². The van der Waals surface area contributed by atoms with Gasteiger partial charge in [-0.15, -0.1) is 0 Å². The number of hydrazone groups is 1. The van der Waals surface area contributed by atoms with Crippen LogP contribution in [0.2, 0.25) is 5.02 Å². The third-order valence-corrected chi connectivity index (χ3v) is 7.09. The minimum Gasteiger partial charge on any atom is -0.350 e. The van der Waals surface area contributed by atoms with Gasteiger partial charge in [-0.05, 0) is 104 Å². The Morgan fingerprint density at radius 2 is 1.78 bits per heavy atom. The lowest BCUT2D eigenvalue weighted by atomic mass is 9.98. The number of hydrogen-bond acceptors (Lipinski definition) is 4. The second kappa shape index (κ2) is 11.0. The third-order valence-electron chi connectivity index (χ3n) is 5.94. The largest absolute Gasteiger partial charge is 0.350 e. The third kappa shape index (κ3) is 5.73. The summed E-state index contributed by atoms with van der Waals surface area (Å²) in [6.45, 7) is 7.78. The van der Waals surface area contributed by atoms with E-state index in [1.807, 2.05) is 75.2 Å².